The molecule has 0 aromatic heterocycles. The highest BCUT2D eigenvalue weighted by Crippen LogP contribution is 2.42. The number of likely N-dealkylation sites (tertiary alicyclic amines) is 1. The lowest BCUT2D eigenvalue weighted by molar-refractivity contribution is -0.140. The van der Waals surface area contributed by atoms with Gasteiger partial charge < -0.3 is 24.2 Å². The lowest BCUT2D eigenvalue weighted by Gasteiger charge is -2.28. The summed E-state index contributed by atoms with van der Waals surface area (Å²) in [7, 11) is 1.57. The number of aliphatic hydroxyl groups is 1. The maximum atomic E-state index is 13.4. The van der Waals surface area contributed by atoms with Crippen LogP contribution < -0.4 is 9.47 Å². The third-order valence-corrected chi connectivity index (χ3v) is 6.73. The van der Waals surface area contributed by atoms with Crippen molar-refractivity contribution in [3.8, 4) is 11.5 Å². The topological polar surface area (TPSA) is 85.3 Å². The zero-order valence-electron chi connectivity index (χ0n) is 21.7. The molecular formula is C29H35NO6. The van der Waals surface area contributed by atoms with Gasteiger partial charge in [0.1, 0.15) is 17.3 Å². The van der Waals surface area contributed by atoms with Crippen molar-refractivity contribution in [3.05, 3.63) is 64.7 Å². The molecular weight excluding hydrogens is 458 g/mol. The number of Topliss-reactive ketones (excluding diaryl/α,β-unsaturated/α-hetero) is 1. The molecule has 2 atom stereocenters. The molecule has 2 aliphatic heterocycles. The summed E-state index contributed by atoms with van der Waals surface area (Å²) in [6.07, 6.45) is 1.59. The summed E-state index contributed by atoms with van der Waals surface area (Å²) >= 11 is 0. The fourth-order valence-electron chi connectivity index (χ4n) is 4.93. The molecule has 0 bridgehead atoms. The summed E-state index contributed by atoms with van der Waals surface area (Å²) in [6, 6.07) is 11.9. The van der Waals surface area contributed by atoms with Gasteiger partial charge in [-0.2, -0.15) is 0 Å². The molecule has 2 fully saturated rings. The highest BCUT2D eigenvalue weighted by atomic mass is 16.5. The van der Waals surface area contributed by atoms with Crippen LogP contribution in [0.15, 0.2) is 48.0 Å². The van der Waals surface area contributed by atoms with E-state index >= 15 is 0 Å². The van der Waals surface area contributed by atoms with Gasteiger partial charge in [-0.25, -0.2) is 0 Å². The summed E-state index contributed by atoms with van der Waals surface area (Å²) in [5, 5.41) is 11.5. The number of hydrogen-bond acceptors (Lipinski definition) is 6. The first kappa shape index (κ1) is 25.8. The second kappa shape index (κ2) is 10.3. The second-order valence-electron chi connectivity index (χ2n) is 10.3. The minimum atomic E-state index is -0.756. The molecule has 7 nitrogen and oxygen atoms in total. The van der Waals surface area contributed by atoms with Gasteiger partial charge in [0.25, 0.3) is 11.7 Å². The highest BCUT2D eigenvalue weighted by Gasteiger charge is 2.47. The molecule has 2 aromatic rings. The maximum Gasteiger partial charge on any atom is 0.295 e. The van der Waals surface area contributed by atoms with Crippen LogP contribution in [-0.4, -0.2) is 54.7 Å². The molecule has 1 N–H and O–H groups in total. The van der Waals surface area contributed by atoms with Crippen LogP contribution in [0, 0.1) is 0 Å². The van der Waals surface area contributed by atoms with Crippen LogP contribution in [0.5, 0.6) is 11.5 Å². The van der Waals surface area contributed by atoms with Gasteiger partial charge in [-0.05, 0) is 61.1 Å². The predicted molar refractivity (Wildman–Crippen MR) is 137 cm³/mol. The van der Waals surface area contributed by atoms with Crippen LogP contribution in [0.4, 0.5) is 0 Å². The third kappa shape index (κ3) is 4.98. The van der Waals surface area contributed by atoms with Gasteiger partial charge in [0.15, 0.2) is 0 Å². The summed E-state index contributed by atoms with van der Waals surface area (Å²) in [4.78, 5) is 28.2. The van der Waals surface area contributed by atoms with E-state index in [1.54, 1.807) is 25.3 Å². The molecule has 0 radical (unpaired) electrons. The molecule has 36 heavy (non-hydrogen) atoms. The monoisotopic (exact) mass is 493 g/mol. The number of nitrogens with zero attached hydrogens (tertiary/aromatic N) is 1. The van der Waals surface area contributed by atoms with Gasteiger partial charge >= 0.3 is 0 Å². The van der Waals surface area contributed by atoms with E-state index < -0.39 is 17.7 Å². The van der Waals surface area contributed by atoms with E-state index in [0.29, 0.717) is 30.1 Å². The Balaban J connectivity index is 1.86. The number of methoxy groups -OCH3 is 1. The van der Waals surface area contributed by atoms with E-state index in [1.807, 2.05) is 31.2 Å². The van der Waals surface area contributed by atoms with E-state index in [0.717, 1.165) is 24.2 Å². The Bertz CT molecular complexity index is 1170. The molecule has 0 spiro atoms. The number of benzene rings is 2. The summed E-state index contributed by atoms with van der Waals surface area (Å²) < 4.78 is 17.0. The van der Waals surface area contributed by atoms with Gasteiger partial charge in [-0.3, -0.25) is 9.59 Å². The van der Waals surface area contributed by atoms with E-state index in [9.17, 15) is 14.7 Å². The number of carbonyl (C=O) groups is 2. The Hall–Kier alpha value is -3.32. The lowest BCUT2D eigenvalue weighted by atomic mass is 9.84. The Morgan fingerprint density at radius 1 is 1.17 bits per heavy atom. The molecule has 2 aromatic carbocycles. The summed E-state index contributed by atoms with van der Waals surface area (Å²) in [5.41, 5.74) is 1.86. The van der Waals surface area contributed by atoms with Crippen LogP contribution in [0.3, 0.4) is 0 Å². The van der Waals surface area contributed by atoms with Gasteiger partial charge in [-0.15, -0.1) is 0 Å². The third-order valence-electron chi connectivity index (χ3n) is 6.73. The molecule has 0 saturated carbocycles. The minimum absolute atomic E-state index is 0.0651. The zero-order chi connectivity index (χ0) is 26.0. The molecule has 2 heterocycles. The van der Waals surface area contributed by atoms with Crippen LogP contribution in [0.25, 0.3) is 5.76 Å². The summed E-state index contributed by atoms with van der Waals surface area (Å²) in [6.45, 7) is 9.53. The van der Waals surface area contributed by atoms with E-state index in [-0.39, 0.29) is 29.4 Å². The van der Waals surface area contributed by atoms with Crippen LogP contribution in [-0.2, 0) is 19.7 Å². The van der Waals surface area contributed by atoms with Gasteiger partial charge in [-0.1, -0.05) is 32.9 Å². The van der Waals surface area contributed by atoms with Gasteiger partial charge in [0, 0.05) is 24.3 Å². The molecule has 2 aliphatic rings. The number of ketones is 1. The minimum Gasteiger partial charge on any atom is -0.507 e. The van der Waals surface area contributed by atoms with Gasteiger partial charge in [0.05, 0.1) is 31.4 Å². The summed E-state index contributed by atoms with van der Waals surface area (Å²) in [5.74, 6) is -0.216. The number of amides is 1. The van der Waals surface area contributed by atoms with Crippen LogP contribution >= 0.6 is 0 Å². The quantitative estimate of drug-likeness (QED) is 0.332. The Morgan fingerprint density at radius 3 is 2.58 bits per heavy atom. The Kier molecular flexibility index (Phi) is 7.41. The van der Waals surface area contributed by atoms with Crippen LogP contribution in [0.1, 0.15) is 63.3 Å². The fourth-order valence-corrected chi connectivity index (χ4v) is 4.93. The molecule has 7 heteroatoms. The predicted octanol–water partition coefficient (Wildman–Crippen LogP) is 4.99. The number of hydrogen-bond donors (Lipinski definition) is 1. The number of carbonyl (C=O) groups excluding carboxylic acids is 2. The first-order chi connectivity index (χ1) is 17.2. The molecule has 192 valence electrons. The maximum absolute atomic E-state index is 13.4. The molecule has 4 rings (SSSR count). The average molecular weight is 494 g/mol. The van der Waals surface area contributed by atoms with Crippen LogP contribution in [0.2, 0.25) is 0 Å². The van der Waals surface area contributed by atoms with Crippen molar-refractivity contribution in [1.29, 1.82) is 0 Å². The average Bonchev–Trinajstić information content (AvgIpc) is 3.46. The van der Waals surface area contributed by atoms with Crippen molar-refractivity contribution in [2.24, 2.45) is 0 Å². The van der Waals surface area contributed by atoms with Crippen molar-refractivity contribution < 1.29 is 28.9 Å². The fraction of sp³-hybridized carbons (Fsp3) is 0.448. The molecule has 2 saturated heterocycles. The van der Waals surface area contributed by atoms with E-state index in [4.69, 9.17) is 14.2 Å². The molecule has 1 amide bonds. The first-order valence-electron chi connectivity index (χ1n) is 12.5. The van der Waals surface area contributed by atoms with Gasteiger partial charge in [0.2, 0.25) is 0 Å². The van der Waals surface area contributed by atoms with Crippen molar-refractivity contribution in [3.63, 3.8) is 0 Å². The smallest absolute Gasteiger partial charge is 0.295 e. The second-order valence-corrected chi connectivity index (χ2v) is 10.3. The van der Waals surface area contributed by atoms with Crippen molar-refractivity contribution in [2.45, 2.75) is 58.1 Å². The van der Waals surface area contributed by atoms with E-state index in [2.05, 4.69) is 20.8 Å². The van der Waals surface area contributed by atoms with Crippen molar-refractivity contribution >= 4 is 17.4 Å². The largest absolute Gasteiger partial charge is 0.507 e. The van der Waals surface area contributed by atoms with Crippen molar-refractivity contribution in [1.82, 2.24) is 4.90 Å². The standard InChI is InChI=1S/C29H35NO6/c1-6-35-23-13-12-19(16-22(23)29(2,3)4)26(31)24-25(18-9-7-10-20(15-18)34-5)30(28(33)27(24)32)17-21-11-8-14-36-21/h7,9-10,12-13,15-16,21,25,31H,6,8,11,14,17H2,1-5H3/b26-24-. The Labute approximate surface area is 212 Å². The molecule has 2 unspecified atom stereocenters. The zero-order valence-corrected chi connectivity index (χ0v) is 21.7. The van der Waals surface area contributed by atoms with Crippen molar-refractivity contribution in [2.75, 3.05) is 26.9 Å². The number of aliphatic hydroxyl groups excluding tert-OH is 1. The highest BCUT2D eigenvalue weighted by molar-refractivity contribution is 6.46. The number of rotatable bonds is 7. The number of ether oxygens (including phenoxy) is 3. The normalized spacial score (nSPS) is 21.8. The lowest BCUT2D eigenvalue weighted by Crippen LogP contribution is -2.36. The SMILES string of the molecule is CCOc1ccc(/C(O)=C2/C(=O)C(=O)N(CC3CCCO3)C2c2cccc(OC)c2)cc1C(C)(C)C. The Morgan fingerprint density at radius 2 is 1.94 bits per heavy atom. The molecule has 0 aliphatic carbocycles. The first-order valence-corrected chi connectivity index (χ1v) is 12.5. The van der Waals surface area contributed by atoms with E-state index in [1.165, 1.54) is 4.90 Å².